The van der Waals surface area contributed by atoms with Gasteiger partial charge in [-0.15, -0.1) is 0 Å². The van der Waals surface area contributed by atoms with E-state index in [0.717, 1.165) is 3.57 Å². The molecule has 0 aliphatic rings. The Balaban J connectivity index is 0. The molecule has 0 bridgehead atoms. The van der Waals surface area contributed by atoms with Crippen molar-refractivity contribution in [2.75, 3.05) is 0 Å². The smallest absolute Gasteiger partial charge is 1.00 e. The number of rotatable bonds is 1. The molecule has 0 saturated carbocycles. The summed E-state index contributed by atoms with van der Waals surface area (Å²) in [6.07, 6.45) is 0. The van der Waals surface area contributed by atoms with Crippen LogP contribution in [-0.2, 0) is 10.1 Å². The summed E-state index contributed by atoms with van der Waals surface area (Å²) >= 11 is 2.05. The molecule has 0 aliphatic carbocycles. The third-order valence-corrected chi connectivity index (χ3v) is 2.70. The van der Waals surface area contributed by atoms with E-state index in [0.29, 0.717) is 0 Å². The molecule has 1 aromatic carbocycles. The van der Waals surface area contributed by atoms with Crippen LogP contribution < -0.4 is 51.4 Å². The summed E-state index contributed by atoms with van der Waals surface area (Å²) in [7, 11) is -4.02. The summed E-state index contributed by atoms with van der Waals surface area (Å²) in [5, 5.41) is 0. The Hall–Kier alpha value is 1.50. The van der Waals surface area contributed by atoms with E-state index in [2.05, 4.69) is 0 Å². The van der Waals surface area contributed by atoms with Crippen LogP contribution in [0.25, 0.3) is 0 Å². The molecule has 0 atom stereocenters. The molecule has 62 valence electrons. The number of hydrogen-bond donors (Lipinski definition) is 1. The van der Waals surface area contributed by atoms with Crippen LogP contribution >= 0.6 is 22.6 Å². The minimum atomic E-state index is -4.02. The average Bonchev–Trinajstić information content (AvgIpc) is 1.86. The molecule has 12 heavy (non-hydrogen) atoms. The Kier molecular flexibility index (Phi) is 6.07. The topological polar surface area (TPSA) is 54.4 Å². The van der Waals surface area contributed by atoms with Crippen molar-refractivity contribution < 1.29 is 65.8 Å². The van der Waals surface area contributed by atoms with E-state index < -0.39 is 10.1 Å². The molecule has 0 aromatic heterocycles. The van der Waals surface area contributed by atoms with Gasteiger partial charge in [-0.2, -0.15) is 8.42 Å². The monoisotopic (exact) mass is 324 g/mol. The predicted molar refractivity (Wildman–Crippen MR) is 50.1 cm³/mol. The van der Waals surface area contributed by atoms with E-state index in [4.69, 9.17) is 4.55 Å². The molecule has 1 aromatic rings. The van der Waals surface area contributed by atoms with Crippen LogP contribution in [0.5, 0.6) is 0 Å². The molecule has 6 heteroatoms. The number of halogens is 1. The van der Waals surface area contributed by atoms with Crippen molar-refractivity contribution in [3.63, 3.8) is 0 Å². The Morgan fingerprint density at radius 2 is 1.67 bits per heavy atom. The maximum Gasteiger partial charge on any atom is 1.00 e. The van der Waals surface area contributed by atoms with E-state index >= 15 is 0 Å². The summed E-state index contributed by atoms with van der Waals surface area (Å²) in [6.45, 7) is 0. The second-order valence-electron chi connectivity index (χ2n) is 1.93. The fraction of sp³-hybridized carbons (Fsp3) is 0. The van der Waals surface area contributed by atoms with Gasteiger partial charge in [0.2, 0.25) is 0 Å². The van der Waals surface area contributed by atoms with Gasteiger partial charge in [0, 0.05) is 3.57 Å². The molecule has 3 nitrogen and oxygen atoms in total. The first-order chi connectivity index (χ1) is 5.00. The third kappa shape index (κ3) is 4.14. The number of benzene rings is 1. The Morgan fingerprint density at radius 1 is 1.25 bits per heavy atom. The van der Waals surface area contributed by atoms with Crippen molar-refractivity contribution in [2.45, 2.75) is 4.90 Å². The molecule has 0 aliphatic heterocycles. The molecule has 0 unspecified atom stereocenters. The van der Waals surface area contributed by atoms with Crippen LogP contribution in [0, 0.1) is 3.57 Å². The zero-order valence-electron chi connectivity index (χ0n) is 7.36. The fourth-order valence-corrected chi connectivity index (χ4v) is 1.45. The van der Waals surface area contributed by atoms with Gasteiger partial charge in [0.15, 0.2) is 0 Å². The van der Waals surface area contributed by atoms with Crippen molar-refractivity contribution in [1.29, 1.82) is 0 Å². The Labute approximate surface area is 129 Å². The predicted octanol–water partition coefficient (Wildman–Crippen LogP) is -1.35. The van der Waals surface area contributed by atoms with E-state index in [-0.39, 0.29) is 57.7 Å². The van der Waals surface area contributed by atoms with Gasteiger partial charge in [0.1, 0.15) is 0 Å². The normalized spacial score (nSPS) is 10.5. The van der Waals surface area contributed by atoms with Crippen LogP contribution in [-0.4, -0.2) is 13.0 Å². The van der Waals surface area contributed by atoms with Crippen molar-refractivity contribution in [1.82, 2.24) is 0 Å². The van der Waals surface area contributed by atoms with Crippen molar-refractivity contribution in [2.24, 2.45) is 0 Å². The van der Waals surface area contributed by atoms with Crippen molar-refractivity contribution in [3.8, 4) is 0 Å². The molecule has 1 rings (SSSR count). The molecule has 0 spiro atoms. The van der Waals surface area contributed by atoms with Gasteiger partial charge in [-0.25, -0.2) is 0 Å². The summed E-state index contributed by atoms with van der Waals surface area (Å²) in [5.74, 6) is 0. The minimum absolute atomic E-state index is 0. The van der Waals surface area contributed by atoms with E-state index in [9.17, 15) is 8.42 Å². The van der Waals surface area contributed by atoms with Gasteiger partial charge >= 0.3 is 51.4 Å². The van der Waals surface area contributed by atoms with Gasteiger partial charge in [0.05, 0.1) is 4.90 Å². The Morgan fingerprint density at radius 3 is 2.00 bits per heavy atom. The van der Waals surface area contributed by atoms with Crippen LogP contribution in [0.2, 0.25) is 0 Å². The molecule has 0 heterocycles. The molecule has 0 fully saturated rings. The molecular weight excluding hydrogens is 318 g/mol. The second kappa shape index (κ2) is 5.40. The van der Waals surface area contributed by atoms with Gasteiger partial charge in [-0.05, 0) is 46.9 Å². The van der Waals surface area contributed by atoms with E-state index in [1.54, 1.807) is 12.1 Å². The summed E-state index contributed by atoms with van der Waals surface area (Å²) in [5.41, 5.74) is 0. The summed E-state index contributed by atoms with van der Waals surface area (Å²) < 4.78 is 30.5. The first kappa shape index (κ1) is 13.5. The molecule has 0 radical (unpaired) electrons. The van der Waals surface area contributed by atoms with Crippen LogP contribution in [0.4, 0.5) is 0 Å². The molecule has 0 saturated heterocycles. The molecule has 1 N–H and O–H groups in total. The quantitative estimate of drug-likeness (QED) is 0.395. The standard InChI is InChI=1S/C6H5IO3S.K.H/c7-5-1-3-6(4-2-5)11(8,9)10;;/h1-4H,(H,8,9,10);;/q;+1;-1. The van der Waals surface area contributed by atoms with Crippen LogP contribution in [0.3, 0.4) is 0 Å². The third-order valence-electron chi connectivity index (χ3n) is 1.11. The van der Waals surface area contributed by atoms with Gasteiger partial charge in [0.25, 0.3) is 10.1 Å². The summed E-state index contributed by atoms with van der Waals surface area (Å²) in [4.78, 5) is -0.0714. The molecule has 0 amide bonds. The van der Waals surface area contributed by atoms with E-state index in [1.807, 2.05) is 22.6 Å². The fourth-order valence-electron chi connectivity index (χ4n) is 0.607. The Bertz CT molecular complexity index is 351. The molecular formula is C6H6IKO3S. The van der Waals surface area contributed by atoms with E-state index in [1.165, 1.54) is 12.1 Å². The first-order valence-electron chi connectivity index (χ1n) is 2.73. The van der Waals surface area contributed by atoms with Gasteiger partial charge < -0.3 is 1.43 Å². The maximum absolute atomic E-state index is 10.5. The minimum Gasteiger partial charge on any atom is -1.00 e. The first-order valence-corrected chi connectivity index (χ1v) is 5.25. The largest absolute Gasteiger partial charge is 1.00 e. The second-order valence-corrected chi connectivity index (χ2v) is 4.60. The summed E-state index contributed by atoms with van der Waals surface area (Å²) in [6, 6.07) is 5.95. The SMILES string of the molecule is O=S(=O)(O)c1ccc(I)cc1.[H-].[K+]. The van der Waals surface area contributed by atoms with Gasteiger partial charge in [-0.1, -0.05) is 0 Å². The van der Waals surface area contributed by atoms with Crippen LogP contribution in [0.15, 0.2) is 29.2 Å². The van der Waals surface area contributed by atoms with Crippen molar-refractivity contribution >= 4 is 32.7 Å². The average molecular weight is 324 g/mol. The van der Waals surface area contributed by atoms with Crippen LogP contribution in [0.1, 0.15) is 1.43 Å². The number of hydrogen-bond acceptors (Lipinski definition) is 2. The van der Waals surface area contributed by atoms with Crippen molar-refractivity contribution in [3.05, 3.63) is 27.8 Å². The maximum atomic E-state index is 10.5. The zero-order valence-corrected chi connectivity index (χ0v) is 12.5. The zero-order chi connectivity index (χ0) is 8.48. The van der Waals surface area contributed by atoms with Gasteiger partial charge in [-0.3, -0.25) is 4.55 Å².